The van der Waals surface area contributed by atoms with E-state index in [-0.39, 0.29) is 0 Å². The van der Waals surface area contributed by atoms with E-state index in [0.717, 1.165) is 29.0 Å². The van der Waals surface area contributed by atoms with E-state index in [4.69, 9.17) is 0 Å². The lowest BCUT2D eigenvalue weighted by Crippen LogP contribution is -2.05. The summed E-state index contributed by atoms with van der Waals surface area (Å²) in [7, 11) is 0. The van der Waals surface area contributed by atoms with Crippen LogP contribution in [0.25, 0.3) is 16.7 Å². The second-order valence-electron chi connectivity index (χ2n) is 5.39. The first-order chi connectivity index (χ1) is 11.3. The van der Waals surface area contributed by atoms with Crippen LogP contribution in [0.5, 0.6) is 0 Å². The minimum atomic E-state index is 0.628. The van der Waals surface area contributed by atoms with Gasteiger partial charge in [-0.1, -0.05) is 18.2 Å². The number of anilines is 1. The van der Waals surface area contributed by atoms with E-state index in [9.17, 15) is 5.26 Å². The van der Waals surface area contributed by atoms with Crippen LogP contribution in [0, 0.1) is 18.3 Å². The van der Waals surface area contributed by atoms with Crippen molar-refractivity contribution in [2.24, 2.45) is 0 Å². The van der Waals surface area contributed by atoms with Crippen molar-refractivity contribution in [2.45, 2.75) is 13.5 Å². The zero-order valence-electron chi connectivity index (χ0n) is 12.6. The second-order valence-corrected chi connectivity index (χ2v) is 6.42. The largest absolute Gasteiger partial charge is 0.366 e. The lowest BCUT2D eigenvalue weighted by atomic mass is 10.1. The average molecular weight is 318 g/mol. The average Bonchev–Trinajstić information content (AvgIpc) is 3.20. The van der Waals surface area contributed by atoms with Crippen LogP contribution in [-0.2, 0) is 6.54 Å². The number of para-hydroxylation sites is 2. The van der Waals surface area contributed by atoms with E-state index in [2.05, 4.69) is 27.8 Å². The molecule has 0 saturated heterocycles. The van der Waals surface area contributed by atoms with Crippen LogP contribution in [0.3, 0.4) is 0 Å². The summed E-state index contributed by atoms with van der Waals surface area (Å²) in [5.74, 6) is 0.957. The summed E-state index contributed by atoms with van der Waals surface area (Å²) in [5.41, 5.74) is 4.18. The minimum Gasteiger partial charge on any atom is -0.366 e. The molecule has 4 nitrogen and oxygen atoms in total. The van der Waals surface area contributed by atoms with Gasteiger partial charge in [0.15, 0.2) is 5.65 Å². The Labute approximate surface area is 137 Å². The van der Waals surface area contributed by atoms with Gasteiger partial charge >= 0.3 is 0 Å². The summed E-state index contributed by atoms with van der Waals surface area (Å²) in [6.07, 6.45) is 0. The van der Waals surface area contributed by atoms with E-state index in [1.165, 1.54) is 4.88 Å². The van der Waals surface area contributed by atoms with Gasteiger partial charge in [-0.3, -0.25) is 4.40 Å². The Kier molecular flexibility index (Phi) is 3.25. The molecule has 0 aliphatic heterocycles. The van der Waals surface area contributed by atoms with Crippen molar-refractivity contribution in [1.82, 2.24) is 9.38 Å². The molecule has 1 N–H and O–H groups in total. The third kappa shape index (κ3) is 2.24. The van der Waals surface area contributed by atoms with E-state index in [1.54, 1.807) is 11.3 Å². The molecule has 0 bridgehead atoms. The molecule has 0 amide bonds. The molecule has 0 spiro atoms. The van der Waals surface area contributed by atoms with Crippen LogP contribution in [0.15, 0.2) is 47.8 Å². The van der Waals surface area contributed by atoms with Crippen molar-refractivity contribution in [2.75, 3.05) is 5.32 Å². The highest BCUT2D eigenvalue weighted by atomic mass is 32.1. The second kappa shape index (κ2) is 5.41. The molecule has 3 heterocycles. The molecular weight excluding hydrogens is 304 g/mol. The molecule has 0 unspecified atom stereocenters. The summed E-state index contributed by atoms with van der Waals surface area (Å²) in [6, 6.07) is 16.4. The fourth-order valence-corrected chi connectivity index (χ4v) is 3.46. The number of benzene rings is 1. The summed E-state index contributed by atoms with van der Waals surface area (Å²) < 4.78 is 2.04. The van der Waals surface area contributed by atoms with Crippen LogP contribution in [-0.4, -0.2) is 9.38 Å². The molecule has 0 aliphatic rings. The normalized spacial score (nSPS) is 11.0. The van der Waals surface area contributed by atoms with Gasteiger partial charge in [-0.2, -0.15) is 5.26 Å². The maximum Gasteiger partial charge on any atom is 0.157 e. The van der Waals surface area contributed by atoms with E-state index in [0.29, 0.717) is 11.2 Å². The standard InChI is InChI=1S/C18H14N4S/c1-12-9-17(20-11-13-5-4-8-23-13)22-16-7-3-2-6-15(16)21-18(22)14(12)10-19/h2-9,20H,11H2,1H3. The molecule has 3 aromatic heterocycles. The highest BCUT2D eigenvalue weighted by Gasteiger charge is 2.14. The SMILES string of the molecule is Cc1cc(NCc2cccs2)n2c(nc3ccccc32)c1C#N. The van der Waals surface area contributed by atoms with E-state index < -0.39 is 0 Å². The Morgan fingerprint density at radius 1 is 1.26 bits per heavy atom. The molecule has 1 aromatic carbocycles. The van der Waals surface area contributed by atoms with E-state index in [1.807, 2.05) is 47.7 Å². The lowest BCUT2D eigenvalue weighted by molar-refractivity contribution is 1.10. The zero-order valence-corrected chi connectivity index (χ0v) is 13.4. The fraction of sp³-hybridized carbons (Fsp3) is 0.111. The molecule has 0 aliphatic carbocycles. The Morgan fingerprint density at radius 2 is 2.13 bits per heavy atom. The third-order valence-electron chi connectivity index (χ3n) is 3.91. The van der Waals surface area contributed by atoms with Gasteiger partial charge in [-0.15, -0.1) is 11.3 Å². The lowest BCUT2D eigenvalue weighted by Gasteiger charge is -2.11. The summed E-state index contributed by atoms with van der Waals surface area (Å²) in [6.45, 7) is 2.71. The molecule has 23 heavy (non-hydrogen) atoms. The third-order valence-corrected chi connectivity index (χ3v) is 4.78. The van der Waals surface area contributed by atoms with Crippen molar-refractivity contribution in [3.05, 3.63) is 63.8 Å². The van der Waals surface area contributed by atoms with Crippen LogP contribution < -0.4 is 5.32 Å². The number of aromatic nitrogens is 2. The number of imidazole rings is 1. The monoisotopic (exact) mass is 318 g/mol. The number of thiophene rings is 1. The van der Waals surface area contributed by atoms with Crippen molar-refractivity contribution in [3.8, 4) is 6.07 Å². The van der Waals surface area contributed by atoms with Crippen LogP contribution in [0.1, 0.15) is 16.0 Å². The predicted octanol–water partition coefficient (Wildman–Crippen LogP) is 4.34. The first-order valence-electron chi connectivity index (χ1n) is 7.35. The number of rotatable bonds is 3. The quantitative estimate of drug-likeness (QED) is 0.611. The number of nitrogens with zero attached hydrogens (tertiary/aromatic N) is 3. The predicted molar refractivity (Wildman–Crippen MR) is 93.8 cm³/mol. The Morgan fingerprint density at radius 3 is 2.91 bits per heavy atom. The number of aryl methyl sites for hydroxylation is 1. The fourth-order valence-electron chi connectivity index (χ4n) is 2.81. The molecule has 0 radical (unpaired) electrons. The highest BCUT2D eigenvalue weighted by molar-refractivity contribution is 7.09. The van der Waals surface area contributed by atoms with Gasteiger partial charge in [0.1, 0.15) is 11.9 Å². The molecule has 0 saturated carbocycles. The molecular formula is C18H14N4S. The summed E-state index contributed by atoms with van der Waals surface area (Å²) in [4.78, 5) is 5.92. The molecule has 0 atom stereocenters. The number of fused-ring (bicyclic) bond motifs is 3. The number of hydrogen-bond acceptors (Lipinski definition) is 4. The Hall–Kier alpha value is -2.84. The van der Waals surface area contributed by atoms with Gasteiger partial charge in [-0.25, -0.2) is 4.98 Å². The maximum atomic E-state index is 9.49. The zero-order chi connectivity index (χ0) is 15.8. The van der Waals surface area contributed by atoms with Gasteiger partial charge in [0.05, 0.1) is 23.1 Å². The van der Waals surface area contributed by atoms with Crippen LogP contribution in [0.4, 0.5) is 5.82 Å². The molecule has 4 rings (SSSR count). The number of hydrogen-bond donors (Lipinski definition) is 1. The molecule has 4 aromatic rings. The first-order valence-corrected chi connectivity index (χ1v) is 8.23. The van der Waals surface area contributed by atoms with Crippen LogP contribution >= 0.6 is 11.3 Å². The summed E-state index contributed by atoms with van der Waals surface area (Å²) in [5, 5.41) is 15.0. The summed E-state index contributed by atoms with van der Waals surface area (Å²) >= 11 is 1.73. The number of pyridine rings is 1. The van der Waals surface area contributed by atoms with Gasteiger partial charge < -0.3 is 5.32 Å². The van der Waals surface area contributed by atoms with E-state index >= 15 is 0 Å². The smallest absolute Gasteiger partial charge is 0.157 e. The first kappa shape index (κ1) is 13.8. The topological polar surface area (TPSA) is 53.1 Å². The van der Waals surface area contributed by atoms with Crippen molar-refractivity contribution in [1.29, 1.82) is 5.26 Å². The molecule has 0 fully saturated rings. The number of nitriles is 1. The van der Waals surface area contributed by atoms with Gasteiger partial charge in [0.2, 0.25) is 0 Å². The minimum absolute atomic E-state index is 0.628. The maximum absolute atomic E-state index is 9.49. The molecule has 112 valence electrons. The number of nitrogens with one attached hydrogen (secondary N) is 1. The van der Waals surface area contributed by atoms with Gasteiger partial charge in [0.25, 0.3) is 0 Å². The Bertz CT molecular complexity index is 1040. The van der Waals surface area contributed by atoms with Gasteiger partial charge in [-0.05, 0) is 42.1 Å². The Balaban J connectivity index is 1.94. The van der Waals surface area contributed by atoms with Crippen LogP contribution in [0.2, 0.25) is 0 Å². The van der Waals surface area contributed by atoms with Crippen molar-refractivity contribution >= 4 is 33.8 Å². The van der Waals surface area contributed by atoms with Crippen molar-refractivity contribution < 1.29 is 0 Å². The molecule has 5 heteroatoms. The van der Waals surface area contributed by atoms with Gasteiger partial charge in [0, 0.05) is 4.88 Å². The highest BCUT2D eigenvalue weighted by Crippen LogP contribution is 2.27. The van der Waals surface area contributed by atoms with Crippen molar-refractivity contribution in [3.63, 3.8) is 0 Å².